The second-order valence-electron chi connectivity index (χ2n) is 6.17. The highest BCUT2D eigenvalue weighted by Gasteiger charge is 2.23. The number of carbonyl (C=O) groups is 1. The molecule has 1 aliphatic heterocycles. The van der Waals surface area contributed by atoms with Crippen molar-refractivity contribution in [3.8, 4) is 0 Å². The Labute approximate surface area is 112 Å². The maximum absolute atomic E-state index is 12.2. The molecule has 18 heavy (non-hydrogen) atoms. The van der Waals surface area contributed by atoms with E-state index in [1.54, 1.807) is 0 Å². The molecule has 0 radical (unpaired) electrons. The fourth-order valence-corrected chi connectivity index (χ4v) is 2.90. The Kier molecular flexibility index (Phi) is 6.69. The first-order chi connectivity index (χ1) is 8.56. The number of likely N-dealkylation sites (tertiary alicyclic amines) is 1. The minimum Gasteiger partial charge on any atom is -0.343 e. The van der Waals surface area contributed by atoms with Crippen molar-refractivity contribution in [2.24, 2.45) is 23.5 Å². The van der Waals surface area contributed by atoms with Crippen LogP contribution in [0.25, 0.3) is 0 Å². The molecule has 0 saturated carbocycles. The van der Waals surface area contributed by atoms with Crippen molar-refractivity contribution in [3.05, 3.63) is 0 Å². The highest BCUT2D eigenvalue weighted by Crippen LogP contribution is 2.22. The van der Waals surface area contributed by atoms with Crippen LogP contribution in [0.3, 0.4) is 0 Å². The van der Waals surface area contributed by atoms with Crippen LogP contribution in [0.1, 0.15) is 52.9 Å². The molecule has 2 N–H and O–H groups in total. The van der Waals surface area contributed by atoms with E-state index in [4.69, 9.17) is 5.73 Å². The van der Waals surface area contributed by atoms with Crippen LogP contribution in [0.15, 0.2) is 0 Å². The second kappa shape index (κ2) is 7.78. The summed E-state index contributed by atoms with van der Waals surface area (Å²) in [5.41, 5.74) is 5.77. The molecular weight excluding hydrogens is 224 g/mol. The lowest BCUT2D eigenvalue weighted by atomic mass is 9.91. The molecule has 1 amide bonds. The fourth-order valence-electron chi connectivity index (χ4n) is 2.90. The third-order valence-electron chi connectivity index (χ3n) is 4.15. The first-order valence-electron chi connectivity index (χ1n) is 7.54. The van der Waals surface area contributed by atoms with Gasteiger partial charge in [0.1, 0.15) is 0 Å². The van der Waals surface area contributed by atoms with Crippen LogP contribution in [0, 0.1) is 17.8 Å². The molecule has 0 bridgehead atoms. The third-order valence-corrected chi connectivity index (χ3v) is 4.15. The maximum Gasteiger partial charge on any atom is 0.222 e. The van der Waals surface area contributed by atoms with Crippen molar-refractivity contribution in [2.75, 3.05) is 19.6 Å². The molecule has 1 unspecified atom stereocenters. The summed E-state index contributed by atoms with van der Waals surface area (Å²) in [7, 11) is 0. The summed E-state index contributed by atoms with van der Waals surface area (Å²) >= 11 is 0. The first kappa shape index (κ1) is 15.5. The Morgan fingerprint density at radius 3 is 2.39 bits per heavy atom. The van der Waals surface area contributed by atoms with Crippen molar-refractivity contribution < 1.29 is 4.79 Å². The zero-order chi connectivity index (χ0) is 13.5. The summed E-state index contributed by atoms with van der Waals surface area (Å²) in [5.74, 6) is 2.13. The number of nitrogens with two attached hydrogens (primary N) is 1. The van der Waals surface area contributed by atoms with Gasteiger partial charge in [-0.15, -0.1) is 0 Å². The van der Waals surface area contributed by atoms with Gasteiger partial charge >= 0.3 is 0 Å². The normalized spacial score (nSPS) is 19.3. The molecule has 106 valence electrons. The number of hydrogen-bond acceptors (Lipinski definition) is 2. The molecule has 1 aliphatic rings. The second-order valence-corrected chi connectivity index (χ2v) is 6.17. The minimum absolute atomic E-state index is 0.320. The Morgan fingerprint density at radius 2 is 1.94 bits per heavy atom. The number of piperidine rings is 1. The van der Waals surface area contributed by atoms with Gasteiger partial charge in [-0.1, -0.05) is 27.2 Å². The topological polar surface area (TPSA) is 46.3 Å². The highest BCUT2D eigenvalue weighted by molar-refractivity contribution is 5.76. The van der Waals surface area contributed by atoms with Crippen LogP contribution >= 0.6 is 0 Å². The molecule has 3 heteroatoms. The lowest BCUT2D eigenvalue weighted by molar-refractivity contribution is -0.133. The van der Waals surface area contributed by atoms with E-state index in [1.165, 1.54) is 19.3 Å². The van der Waals surface area contributed by atoms with E-state index in [2.05, 4.69) is 25.7 Å². The Balaban J connectivity index is 2.35. The van der Waals surface area contributed by atoms with Gasteiger partial charge in [0.15, 0.2) is 0 Å². The number of nitrogens with zero attached hydrogens (tertiary/aromatic N) is 1. The Bertz CT molecular complexity index is 245. The van der Waals surface area contributed by atoms with Crippen LogP contribution in [0.2, 0.25) is 0 Å². The molecule has 0 aromatic heterocycles. The largest absolute Gasteiger partial charge is 0.343 e. The summed E-state index contributed by atoms with van der Waals surface area (Å²) in [6, 6.07) is 0. The van der Waals surface area contributed by atoms with Gasteiger partial charge in [0.2, 0.25) is 5.91 Å². The molecule has 0 aromatic rings. The van der Waals surface area contributed by atoms with Crippen LogP contribution in [0.5, 0.6) is 0 Å². The first-order valence-corrected chi connectivity index (χ1v) is 7.54. The quantitative estimate of drug-likeness (QED) is 0.792. The Morgan fingerprint density at radius 1 is 1.33 bits per heavy atom. The monoisotopic (exact) mass is 254 g/mol. The van der Waals surface area contributed by atoms with Gasteiger partial charge < -0.3 is 10.6 Å². The van der Waals surface area contributed by atoms with E-state index in [9.17, 15) is 4.79 Å². The van der Waals surface area contributed by atoms with Gasteiger partial charge in [-0.25, -0.2) is 0 Å². The average molecular weight is 254 g/mol. The van der Waals surface area contributed by atoms with E-state index in [0.29, 0.717) is 30.7 Å². The van der Waals surface area contributed by atoms with E-state index in [-0.39, 0.29) is 0 Å². The lowest BCUT2D eigenvalue weighted by Crippen LogP contribution is -2.39. The molecule has 0 aliphatic carbocycles. The van der Waals surface area contributed by atoms with Crippen molar-refractivity contribution in [1.29, 1.82) is 0 Å². The fraction of sp³-hybridized carbons (Fsp3) is 0.933. The summed E-state index contributed by atoms with van der Waals surface area (Å²) in [5, 5.41) is 0. The van der Waals surface area contributed by atoms with E-state index < -0.39 is 0 Å². The summed E-state index contributed by atoms with van der Waals surface area (Å²) in [6.07, 6.45) is 5.32. The summed E-state index contributed by atoms with van der Waals surface area (Å²) in [6.45, 7) is 9.18. The van der Waals surface area contributed by atoms with Gasteiger partial charge in [0.05, 0.1) is 0 Å². The van der Waals surface area contributed by atoms with E-state index in [0.717, 1.165) is 25.4 Å². The molecule has 0 aromatic carbocycles. The predicted octanol–water partition coefficient (Wildman–Crippen LogP) is 2.65. The standard InChI is InChI=1S/C15H30N2O/c1-4-13-5-7-17(8-6-13)15(18)10-14(11-16)9-12(2)3/h12-14H,4-11,16H2,1-3H3. The van der Waals surface area contributed by atoms with Gasteiger partial charge in [0, 0.05) is 19.5 Å². The molecule has 1 atom stereocenters. The Hall–Kier alpha value is -0.570. The van der Waals surface area contributed by atoms with Gasteiger partial charge in [-0.05, 0) is 43.6 Å². The number of rotatable bonds is 6. The van der Waals surface area contributed by atoms with E-state index >= 15 is 0 Å². The molecule has 3 nitrogen and oxygen atoms in total. The van der Waals surface area contributed by atoms with Crippen molar-refractivity contribution in [1.82, 2.24) is 4.90 Å². The van der Waals surface area contributed by atoms with Crippen LogP contribution < -0.4 is 5.73 Å². The molecular formula is C15H30N2O. The van der Waals surface area contributed by atoms with Crippen molar-refractivity contribution in [2.45, 2.75) is 52.9 Å². The summed E-state index contributed by atoms with van der Waals surface area (Å²) in [4.78, 5) is 14.3. The smallest absolute Gasteiger partial charge is 0.222 e. The average Bonchev–Trinajstić information content (AvgIpc) is 2.37. The molecule has 1 heterocycles. The van der Waals surface area contributed by atoms with Crippen LogP contribution in [-0.4, -0.2) is 30.4 Å². The van der Waals surface area contributed by atoms with Crippen LogP contribution in [-0.2, 0) is 4.79 Å². The molecule has 1 rings (SSSR count). The van der Waals surface area contributed by atoms with Gasteiger partial charge in [-0.3, -0.25) is 4.79 Å². The minimum atomic E-state index is 0.320. The zero-order valence-electron chi connectivity index (χ0n) is 12.3. The third kappa shape index (κ3) is 4.97. The van der Waals surface area contributed by atoms with Crippen molar-refractivity contribution >= 4 is 5.91 Å². The molecule has 1 fully saturated rings. The lowest BCUT2D eigenvalue weighted by Gasteiger charge is -2.32. The molecule has 1 saturated heterocycles. The maximum atomic E-state index is 12.2. The van der Waals surface area contributed by atoms with Crippen molar-refractivity contribution in [3.63, 3.8) is 0 Å². The zero-order valence-corrected chi connectivity index (χ0v) is 12.3. The van der Waals surface area contributed by atoms with E-state index in [1.807, 2.05) is 0 Å². The number of carbonyl (C=O) groups excluding carboxylic acids is 1. The van der Waals surface area contributed by atoms with Gasteiger partial charge in [-0.2, -0.15) is 0 Å². The van der Waals surface area contributed by atoms with Gasteiger partial charge in [0.25, 0.3) is 0 Å². The predicted molar refractivity (Wildman–Crippen MR) is 76.2 cm³/mol. The SMILES string of the molecule is CCC1CCN(C(=O)CC(CN)CC(C)C)CC1. The van der Waals surface area contributed by atoms with Crippen LogP contribution in [0.4, 0.5) is 0 Å². The number of amides is 1. The molecule has 0 spiro atoms. The number of hydrogen-bond donors (Lipinski definition) is 1. The summed E-state index contributed by atoms with van der Waals surface area (Å²) < 4.78 is 0. The highest BCUT2D eigenvalue weighted by atomic mass is 16.2.